The van der Waals surface area contributed by atoms with Crippen molar-refractivity contribution in [1.82, 2.24) is 4.90 Å². The second kappa shape index (κ2) is 13.5. The van der Waals surface area contributed by atoms with Crippen molar-refractivity contribution in [2.45, 2.75) is 99.8 Å². The van der Waals surface area contributed by atoms with E-state index in [1.54, 1.807) is 47.2 Å². The van der Waals surface area contributed by atoms with Crippen molar-refractivity contribution >= 4 is 37.4 Å². The quantitative estimate of drug-likeness (QED) is 0.184. The summed E-state index contributed by atoms with van der Waals surface area (Å²) in [4.78, 5) is 55.7. The van der Waals surface area contributed by atoms with Crippen LogP contribution in [0, 0.1) is 5.92 Å². The van der Waals surface area contributed by atoms with E-state index in [1.807, 2.05) is 31.2 Å². The van der Waals surface area contributed by atoms with Gasteiger partial charge in [-0.3, -0.25) is 14.4 Å². The number of hydrogen-bond acceptors (Lipinski definition) is 11. The van der Waals surface area contributed by atoms with Gasteiger partial charge in [0.25, 0.3) is 11.8 Å². The number of fused-ring (bicyclic) bond motifs is 2. The Kier molecular flexibility index (Phi) is 9.77. The molecule has 4 aliphatic heterocycles. The first kappa shape index (κ1) is 35.6. The number of amides is 3. The Balaban J connectivity index is 1.22. The molecule has 0 aromatic heterocycles. The van der Waals surface area contributed by atoms with Gasteiger partial charge in [-0.1, -0.05) is 37.3 Å². The Morgan fingerprint density at radius 3 is 2.39 bits per heavy atom. The van der Waals surface area contributed by atoms with Crippen molar-refractivity contribution in [3.8, 4) is 0 Å². The van der Waals surface area contributed by atoms with Crippen LogP contribution in [0.15, 0.2) is 48.5 Å². The molecule has 2 aromatic rings. The molecule has 266 valence electrons. The van der Waals surface area contributed by atoms with Gasteiger partial charge in [-0.05, 0) is 49.7 Å². The fraction of sp³-hybridized carbons (Fsp3) is 0.559. The van der Waals surface area contributed by atoms with E-state index in [1.165, 1.54) is 0 Å². The number of nitrogens with zero attached hydrogens (tertiary/aromatic N) is 2. The van der Waals surface area contributed by atoms with Gasteiger partial charge in [0.1, 0.15) is 18.3 Å². The third-order valence-corrected chi connectivity index (χ3v) is 13.1. The van der Waals surface area contributed by atoms with Gasteiger partial charge in [0.15, 0.2) is 26.3 Å². The molecule has 1 spiro atoms. The fourth-order valence-electron chi connectivity index (χ4n) is 8.20. The monoisotopic (exact) mass is 699 g/mol. The first-order valence-corrected chi connectivity index (χ1v) is 19.7. The van der Waals surface area contributed by atoms with Crippen molar-refractivity contribution in [2.24, 2.45) is 5.92 Å². The van der Waals surface area contributed by atoms with Crippen molar-refractivity contribution in [3.63, 3.8) is 0 Å². The van der Waals surface area contributed by atoms with Gasteiger partial charge < -0.3 is 54.9 Å². The summed E-state index contributed by atoms with van der Waals surface area (Å²) in [5, 5.41) is 51.9. The molecule has 0 unspecified atom stereocenters. The van der Waals surface area contributed by atoms with Crippen LogP contribution in [0.4, 0.5) is 11.4 Å². The van der Waals surface area contributed by atoms with Crippen LogP contribution in [0.3, 0.4) is 0 Å². The number of hydrogen-bond donors (Lipinski definition) is 7. The Morgan fingerprint density at radius 2 is 1.71 bits per heavy atom. The average Bonchev–Trinajstić information content (AvgIpc) is 3.73. The minimum absolute atomic E-state index is 0.00565. The molecule has 49 heavy (non-hydrogen) atoms. The predicted molar refractivity (Wildman–Crippen MR) is 177 cm³/mol. The molecule has 0 bridgehead atoms. The van der Waals surface area contributed by atoms with Crippen LogP contribution in [0.5, 0.6) is 0 Å². The van der Waals surface area contributed by atoms with E-state index in [4.69, 9.17) is 9.47 Å². The smallest absolute Gasteiger partial charge is 0.264 e. The number of anilines is 2. The Labute approximate surface area is 285 Å². The van der Waals surface area contributed by atoms with Crippen molar-refractivity contribution in [3.05, 3.63) is 59.7 Å². The zero-order valence-electron chi connectivity index (χ0n) is 27.7. The zero-order valence-corrected chi connectivity index (χ0v) is 28.7. The highest BCUT2D eigenvalue weighted by Crippen LogP contribution is 2.59. The number of para-hydroxylation sites is 1. The lowest BCUT2D eigenvalue weighted by Crippen LogP contribution is -2.60. The summed E-state index contributed by atoms with van der Waals surface area (Å²) in [6.45, 7) is 6.10. The van der Waals surface area contributed by atoms with Crippen LogP contribution in [0.1, 0.15) is 37.3 Å². The van der Waals surface area contributed by atoms with Gasteiger partial charge in [0, 0.05) is 29.3 Å². The number of nitrogens with one attached hydrogen (secondary N) is 1. The van der Waals surface area contributed by atoms with Crippen LogP contribution in [-0.4, -0.2) is 117 Å². The molecule has 3 fully saturated rings. The number of rotatable bonds is 8. The molecule has 4 heterocycles. The molecule has 3 saturated heterocycles. The summed E-state index contributed by atoms with van der Waals surface area (Å²) >= 11 is 0. The molecule has 0 aliphatic carbocycles. The molecule has 3 amide bonds. The Morgan fingerprint density at radius 1 is 1.02 bits per heavy atom. The van der Waals surface area contributed by atoms with E-state index in [0.29, 0.717) is 23.5 Å². The lowest BCUT2D eigenvalue weighted by molar-refractivity contribution is -0.274. The third-order valence-electron chi connectivity index (χ3n) is 10.6. The lowest BCUT2D eigenvalue weighted by atomic mass is 9.82. The molecule has 15 heteroatoms. The van der Waals surface area contributed by atoms with Crippen LogP contribution < -0.4 is 10.2 Å². The normalized spacial score (nSPS) is 34.5. The van der Waals surface area contributed by atoms with E-state index in [0.717, 1.165) is 18.4 Å². The zero-order chi connectivity index (χ0) is 35.4. The minimum Gasteiger partial charge on any atom is -0.432 e. The van der Waals surface area contributed by atoms with Crippen molar-refractivity contribution in [2.75, 3.05) is 23.4 Å². The Bertz CT molecular complexity index is 1570. The number of carbonyl (C=O) groups excluding carboxylic acids is 3. The molecule has 10 atom stereocenters. The summed E-state index contributed by atoms with van der Waals surface area (Å²) in [7, 11) is -2.99. The number of aliphatic hydroxyl groups is 5. The number of aliphatic hydroxyl groups excluding tert-OH is 5. The van der Waals surface area contributed by atoms with Gasteiger partial charge in [0.2, 0.25) is 5.91 Å². The predicted octanol–water partition coefficient (Wildman–Crippen LogP) is 0.143. The molecule has 6 rings (SSSR count). The molecule has 4 aliphatic rings. The van der Waals surface area contributed by atoms with Crippen molar-refractivity contribution < 1.29 is 54.2 Å². The fourth-order valence-corrected chi connectivity index (χ4v) is 10.8. The van der Waals surface area contributed by atoms with Crippen LogP contribution >= 0.6 is 0 Å². The summed E-state index contributed by atoms with van der Waals surface area (Å²) in [5.74, 6) is -1.74. The first-order valence-electron chi connectivity index (χ1n) is 16.7. The van der Waals surface area contributed by atoms with E-state index in [2.05, 4.69) is 5.32 Å². The van der Waals surface area contributed by atoms with Gasteiger partial charge in [-0.25, -0.2) is 0 Å². The average molecular weight is 700 g/mol. The Hall–Kier alpha value is -3.25. The number of likely N-dealkylation sites (tertiary alicyclic amines) is 1. The summed E-state index contributed by atoms with van der Waals surface area (Å²) in [5.41, 5.74) is 0.522. The highest BCUT2D eigenvalue weighted by atomic mass is 28.4. The number of benzene rings is 2. The molecular weight excluding hydrogens is 654 g/mol. The lowest BCUT2D eigenvalue weighted by Gasteiger charge is -2.37. The molecule has 14 nitrogen and oxygen atoms in total. The topological polar surface area (TPSA) is 210 Å². The number of carbonyl (C=O) groups is 3. The largest absolute Gasteiger partial charge is 0.432 e. The highest BCUT2D eigenvalue weighted by molar-refractivity contribution is 6.71. The number of ether oxygens (including phenoxy) is 2. The van der Waals surface area contributed by atoms with E-state index in [-0.39, 0.29) is 37.4 Å². The minimum atomic E-state index is -2.99. The van der Waals surface area contributed by atoms with Gasteiger partial charge >= 0.3 is 0 Å². The van der Waals surface area contributed by atoms with Gasteiger partial charge in [-0.2, -0.15) is 0 Å². The molecular formula is C34H45N3O11Si. The standard InChI is InChI=1S/C34H45N3O11Si/c1-18-30(49(2,3)46)24(15-25(39)36-14-6-7-21(36)17-38)48-34(18)22-8-4-5-9-23(22)37(33(34)45)16-19-10-12-20(13-11-19)35-31(43)29-27(41)26(40)28(42)32(44)47-29/h4-5,8-13,18,21,24,26-30,32,38,40-42,44,46H,6-7,14-17H2,1-3H3,(H,35,43)/t18-,21-,24+,26-,27-,28+,29-,30-,32+,34+/m0/s1. The molecule has 0 saturated carbocycles. The third kappa shape index (κ3) is 6.21. The van der Waals surface area contributed by atoms with Gasteiger partial charge in [0.05, 0.1) is 37.4 Å². The van der Waals surface area contributed by atoms with Crippen LogP contribution in [-0.2, 0) is 36.0 Å². The van der Waals surface area contributed by atoms with Gasteiger partial charge in [-0.15, -0.1) is 0 Å². The second-order valence-corrected chi connectivity index (χ2v) is 18.1. The van der Waals surface area contributed by atoms with E-state index < -0.39 is 68.1 Å². The van der Waals surface area contributed by atoms with Crippen LogP contribution in [0.2, 0.25) is 18.6 Å². The summed E-state index contributed by atoms with van der Waals surface area (Å²) in [6, 6.07) is 13.7. The molecule has 0 radical (unpaired) electrons. The van der Waals surface area contributed by atoms with Crippen LogP contribution in [0.25, 0.3) is 0 Å². The molecule has 7 N–H and O–H groups in total. The SMILES string of the molecule is C[C@H]1[C@H]([Si](C)(C)O)[C@@H](CC(=O)N2CCC[C@H]2CO)O[C@]12C(=O)N(Cc1ccc(NC(=O)[C@H]3O[C@@H](O)[C@H](O)[C@@H](O)[C@@H]3O)cc1)c1ccccc12. The second-order valence-electron chi connectivity index (χ2n) is 14.1. The maximum atomic E-state index is 14.6. The maximum absolute atomic E-state index is 14.6. The highest BCUT2D eigenvalue weighted by Gasteiger charge is 2.66. The molecule has 2 aromatic carbocycles. The van der Waals surface area contributed by atoms with E-state index >= 15 is 0 Å². The maximum Gasteiger partial charge on any atom is 0.264 e. The summed E-state index contributed by atoms with van der Waals surface area (Å²) < 4.78 is 11.8. The van der Waals surface area contributed by atoms with E-state index in [9.17, 15) is 44.7 Å². The summed E-state index contributed by atoms with van der Waals surface area (Å²) in [6.07, 6.45) is -7.97. The first-order chi connectivity index (χ1) is 23.2. The van der Waals surface area contributed by atoms with Crippen molar-refractivity contribution in [1.29, 1.82) is 0 Å².